The molecule has 0 aliphatic carbocycles. The van der Waals surface area contributed by atoms with E-state index in [0.717, 1.165) is 23.1 Å². The van der Waals surface area contributed by atoms with Gasteiger partial charge in [0, 0.05) is 25.4 Å². The van der Waals surface area contributed by atoms with Crippen LogP contribution in [0.3, 0.4) is 0 Å². The number of hydrogen-bond acceptors (Lipinski definition) is 2. The topological polar surface area (TPSA) is 49.4 Å². The molecule has 0 aliphatic heterocycles. The largest absolute Gasteiger partial charge is 0.352 e. The van der Waals surface area contributed by atoms with E-state index in [1.807, 2.05) is 75.4 Å². The lowest BCUT2D eigenvalue weighted by molar-refractivity contribution is -0.141. The molecule has 4 nitrogen and oxygen atoms in total. The van der Waals surface area contributed by atoms with Gasteiger partial charge in [0.05, 0.1) is 0 Å². The third-order valence-electron chi connectivity index (χ3n) is 6.29. The molecule has 3 aromatic rings. The summed E-state index contributed by atoms with van der Waals surface area (Å²) in [4.78, 5) is 28.7. The molecule has 0 radical (unpaired) electrons. The van der Waals surface area contributed by atoms with E-state index >= 15 is 0 Å². The van der Waals surface area contributed by atoms with Crippen molar-refractivity contribution < 1.29 is 14.0 Å². The van der Waals surface area contributed by atoms with Gasteiger partial charge in [-0.2, -0.15) is 0 Å². The highest BCUT2D eigenvalue weighted by atomic mass is 19.1. The first-order chi connectivity index (χ1) is 16.9. The Morgan fingerprint density at radius 3 is 2.14 bits per heavy atom. The average Bonchev–Trinajstić information content (AvgIpc) is 2.87. The van der Waals surface area contributed by atoms with Crippen molar-refractivity contribution in [3.63, 3.8) is 0 Å². The Labute approximate surface area is 208 Å². The number of hydrogen-bond donors (Lipinski definition) is 1. The smallest absolute Gasteiger partial charge is 0.243 e. The van der Waals surface area contributed by atoms with Gasteiger partial charge in [0.2, 0.25) is 11.8 Å². The number of aryl methyl sites for hydroxylation is 2. The zero-order valence-electron chi connectivity index (χ0n) is 20.8. The first-order valence-corrected chi connectivity index (χ1v) is 12.3. The minimum Gasteiger partial charge on any atom is -0.352 e. The maximum atomic E-state index is 13.6. The van der Waals surface area contributed by atoms with E-state index in [4.69, 9.17) is 0 Å². The van der Waals surface area contributed by atoms with Crippen LogP contribution in [0.2, 0.25) is 0 Å². The lowest BCUT2D eigenvalue weighted by atomic mass is 10.0. The fraction of sp³-hybridized carbons (Fsp3) is 0.333. The highest BCUT2D eigenvalue weighted by molar-refractivity contribution is 5.88. The van der Waals surface area contributed by atoms with Gasteiger partial charge in [-0.3, -0.25) is 9.59 Å². The maximum absolute atomic E-state index is 13.6. The number of amides is 2. The summed E-state index contributed by atoms with van der Waals surface area (Å²) in [6.07, 6.45) is 2.07. The Morgan fingerprint density at radius 2 is 1.51 bits per heavy atom. The molecule has 35 heavy (non-hydrogen) atoms. The van der Waals surface area contributed by atoms with Gasteiger partial charge in [-0.25, -0.2) is 4.39 Å². The Morgan fingerprint density at radius 1 is 0.886 bits per heavy atom. The number of benzene rings is 3. The van der Waals surface area contributed by atoms with Gasteiger partial charge in [0.15, 0.2) is 0 Å². The van der Waals surface area contributed by atoms with Crippen LogP contribution in [0.25, 0.3) is 0 Å². The van der Waals surface area contributed by atoms with Crippen molar-refractivity contribution in [1.29, 1.82) is 0 Å². The van der Waals surface area contributed by atoms with E-state index in [-0.39, 0.29) is 36.6 Å². The SMILES string of the molecule is CC[C@H](C)NC(=O)[C@H](Cc1ccccc1)N(Cc1ccc(F)cc1)C(=O)CCc1ccc(C)cc1. The molecule has 0 aromatic heterocycles. The summed E-state index contributed by atoms with van der Waals surface area (Å²) in [5, 5.41) is 3.07. The molecule has 0 saturated heterocycles. The van der Waals surface area contributed by atoms with Gasteiger partial charge >= 0.3 is 0 Å². The van der Waals surface area contributed by atoms with Crippen LogP contribution in [0.1, 0.15) is 48.9 Å². The first-order valence-electron chi connectivity index (χ1n) is 12.3. The van der Waals surface area contributed by atoms with Crippen molar-refractivity contribution in [3.8, 4) is 0 Å². The molecule has 3 rings (SSSR count). The molecule has 0 spiro atoms. The van der Waals surface area contributed by atoms with Crippen molar-refractivity contribution in [2.24, 2.45) is 0 Å². The number of halogens is 1. The van der Waals surface area contributed by atoms with Gasteiger partial charge in [-0.05, 0) is 55.5 Å². The highest BCUT2D eigenvalue weighted by Crippen LogP contribution is 2.18. The van der Waals surface area contributed by atoms with E-state index in [2.05, 4.69) is 5.32 Å². The summed E-state index contributed by atoms with van der Waals surface area (Å²) >= 11 is 0. The minimum absolute atomic E-state index is 0.00361. The van der Waals surface area contributed by atoms with Crippen LogP contribution >= 0.6 is 0 Å². The molecule has 0 bridgehead atoms. The molecule has 1 N–H and O–H groups in total. The predicted octanol–water partition coefficient (Wildman–Crippen LogP) is 5.62. The lowest BCUT2D eigenvalue weighted by Crippen LogP contribution is -2.52. The Bertz CT molecular complexity index is 1080. The average molecular weight is 475 g/mol. The van der Waals surface area contributed by atoms with Crippen LogP contribution in [0.5, 0.6) is 0 Å². The zero-order chi connectivity index (χ0) is 25.2. The summed E-state index contributed by atoms with van der Waals surface area (Å²) in [6.45, 7) is 6.24. The molecule has 0 heterocycles. The van der Waals surface area contributed by atoms with Crippen molar-refractivity contribution >= 4 is 11.8 Å². The molecule has 0 aliphatic rings. The van der Waals surface area contributed by atoms with Gasteiger partial charge in [0.25, 0.3) is 0 Å². The van der Waals surface area contributed by atoms with Gasteiger partial charge in [-0.15, -0.1) is 0 Å². The van der Waals surface area contributed by atoms with Crippen LogP contribution in [0.4, 0.5) is 4.39 Å². The number of carbonyl (C=O) groups excluding carboxylic acids is 2. The monoisotopic (exact) mass is 474 g/mol. The van der Waals surface area contributed by atoms with Crippen molar-refractivity contribution in [2.45, 2.75) is 65.1 Å². The molecule has 3 aromatic carbocycles. The quantitative estimate of drug-likeness (QED) is 0.392. The summed E-state index contributed by atoms with van der Waals surface area (Å²) in [6, 6.07) is 23.3. The second-order valence-electron chi connectivity index (χ2n) is 9.16. The number of carbonyl (C=O) groups is 2. The van der Waals surface area contributed by atoms with E-state index in [0.29, 0.717) is 12.8 Å². The normalized spacial score (nSPS) is 12.6. The molecule has 0 saturated carbocycles. The maximum Gasteiger partial charge on any atom is 0.243 e. The third kappa shape index (κ3) is 8.06. The summed E-state index contributed by atoms with van der Waals surface area (Å²) < 4.78 is 13.5. The van der Waals surface area contributed by atoms with E-state index in [9.17, 15) is 14.0 Å². The Kier molecular flexibility index (Phi) is 9.59. The van der Waals surface area contributed by atoms with Gasteiger partial charge < -0.3 is 10.2 Å². The Balaban J connectivity index is 1.89. The van der Waals surface area contributed by atoms with E-state index in [1.54, 1.807) is 17.0 Å². The second-order valence-corrected chi connectivity index (χ2v) is 9.16. The summed E-state index contributed by atoms with van der Waals surface area (Å²) in [5.74, 6) is -0.606. The number of nitrogens with zero attached hydrogens (tertiary/aromatic N) is 1. The van der Waals surface area contributed by atoms with Gasteiger partial charge in [0.1, 0.15) is 11.9 Å². The van der Waals surface area contributed by atoms with Crippen LogP contribution in [0.15, 0.2) is 78.9 Å². The van der Waals surface area contributed by atoms with Crippen molar-refractivity contribution in [3.05, 3.63) is 107 Å². The molecule has 5 heteroatoms. The Hall–Kier alpha value is -3.47. The summed E-state index contributed by atoms with van der Waals surface area (Å²) in [5.41, 5.74) is 4.01. The first kappa shape index (κ1) is 26.1. The molecule has 2 amide bonds. The van der Waals surface area contributed by atoms with Crippen LogP contribution in [-0.2, 0) is 29.0 Å². The molecular weight excluding hydrogens is 439 g/mol. The lowest BCUT2D eigenvalue weighted by Gasteiger charge is -2.32. The van der Waals surface area contributed by atoms with Crippen molar-refractivity contribution in [2.75, 3.05) is 0 Å². The molecule has 0 unspecified atom stereocenters. The number of rotatable bonds is 11. The fourth-order valence-corrected chi connectivity index (χ4v) is 3.93. The predicted molar refractivity (Wildman–Crippen MR) is 138 cm³/mol. The van der Waals surface area contributed by atoms with Crippen LogP contribution in [-0.4, -0.2) is 28.8 Å². The molecule has 2 atom stereocenters. The van der Waals surface area contributed by atoms with Crippen molar-refractivity contribution in [1.82, 2.24) is 10.2 Å². The van der Waals surface area contributed by atoms with Crippen LogP contribution < -0.4 is 5.32 Å². The zero-order valence-corrected chi connectivity index (χ0v) is 20.8. The molecular formula is C30H35FN2O2. The minimum atomic E-state index is -0.679. The third-order valence-corrected chi connectivity index (χ3v) is 6.29. The van der Waals surface area contributed by atoms with Crippen LogP contribution in [0, 0.1) is 12.7 Å². The van der Waals surface area contributed by atoms with Gasteiger partial charge in [-0.1, -0.05) is 79.2 Å². The molecule has 184 valence electrons. The summed E-state index contributed by atoms with van der Waals surface area (Å²) in [7, 11) is 0. The van der Waals surface area contributed by atoms with E-state index < -0.39 is 6.04 Å². The molecule has 0 fully saturated rings. The second kappa shape index (κ2) is 12.8. The fourth-order valence-electron chi connectivity index (χ4n) is 3.93. The number of nitrogens with one attached hydrogen (secondary N) is 1. The van der Waals surface area contributed by atoms with E-state index in [1.165, 1.54) is 17.7 Å². The highest BCUT2D eigenvalue weighted by Gasteiger charge is 2.30. The standard InChI is InChI=1S/C30H35FN2O2/c1-4-23(3)32-30(35)28(20-25-8-6-5-7-9-25)33(21-26-14-17-27(31)18-15-26)29(34)19-16-24-12-10-22(2)11-13-24/h5-15,17-18,23,28H,4,16,19-21H2,1-3H3,(H,32,35)/t23-,28-/m0/s1.